The fourth-order valence-electron chi connectivity index (χ4n) is 2.67. The fraction of sp³-hybridized carbons (Fsp3) is 0.278. The number of amides is 1. The average Bonchev–Trinajstić information content (AvgIpc) is 3.23. The molecule has 0 spiro atoms. The van der Waals surface area contributed by atoms with Crippen molar-refractivity contribution in [2.75, 3.05) is 6.61 Å². The molecule has 0 aliphatic rings. The van der Waals surface area contributed by atoms with E-state index in [2.05, 4.69) is 10.3 Å². The quantitative estimate of drug-likeness (QED) is 0.697. The first-order valence-corrected chi connectivity index (χ1v) is 8.05. The van der Waals surface area contributed by atoms with E-state index >= 15 is 0 Å². The van der Waals surface area contributed by atoms with E-state index < -0.39 is 6.04 Å². The molecule has 0 bridgehead atoms. The van der Waals surface area contributed by atoms with Crippen LogP contribution in [0.1, 0.15) is 36.3 Å². The largest absolute Gasteiger partial charge is 0.465 e. The van der Waals surface area contributed by atoms with Gasteiger partial charge in [0, 0.05) is 0 Å². The molecular formula is C18H19N3O4. The number of benzene rings is 1. The number of ether oxygens (including phenoxy) is 1. The van der Waals surface area contributed by atoms with Gasteiger partial charge in [-0.1, -0.05) is 12.1 Å². The number of carbonyl (C=O) groups excluding carboxylic acids is 2. The minimum absolute atomic E-state index is 0.0324. The minimum atomic E-state index is -0.417. The number of aromatic nitrogens is 2. The van der Waals surface area contributed by atoms with E-state index in [0.717, 1.165) is 11.0 Å². The average molecular weight is 341 g/mol. The molecule has 1 amide bonds. The zero-order valence-electron chi connectivity index (χ0n) is 14.1. The molecule has 25 heavy (non-hydrogen) atoms. The molecule has 1 atom stereocenters. The number of hydrogen-bond acceptors (Lipinski definition) is 5. The van der Waals surface area contributed by atoms with Gasteiger partial charge in [0.05, 0.1) is 29.9 Å². The number of nitrogens with zero attached hydrogens (tertiary/aromatic N) is 2. The van der Waals surface area contributed by atoms with Gasteiger partial charge < -0.3 is 19.0 Å². The lowest BCUT2D eigenvalue weighted by atomic mass is 10.3. The van der Waals surface area contributed by atoms with Crippen molar-refractivity contribution in [3.05, 3.63) is 54.2 Å². The van der Waals surface area contributed by atoms with Gasteiger partial charge in [-0.3, -0.25) is 9.59 Å². The van der Waals surface area contributed by atoms with Crippen molar-refractivity contribution in [1.29, 1.82) is 0 Å². The van der Waals surface area contributed by atoms with Crippen LogP contribution >= 0.6 is 0 Å². The van der Waals surface area contributed by atoms with Crippen LogP contribution in [-0.2, 0) is 16.1 Å². The maximum Gasteiger partial charge on any atom is 0.326 e. The van der Waals surface area contributed by atoms with Gasteiger partial charge in [0.2, 0.25) is 0 Å². The second-order valence-electron chi connectivity index (χ2n) is 5.52. The third kappa shape index (κ3) is 3.55. The van der Waals surface area contributed by atoms with Crippen molar-refractivity contribution in [2.24, 2.45) is 0 Å². The van der Waals surface area contributed by atoms with Crippen molar-refractivity contribution >= 4 is 22.9 Å². The van der Waals surface area contributed by atoms with Crippen molar-refractivity contribution in [3.8, 4) is 0 Å². The maximum absolute atomic E-state index is 12.2. The molecule has 0 aliphatic heterocycles. The summed E-state index contributed by atoms with van der Waals surface area (Å²) in [7, 11) is 0. The molecule has 2 aromatic heterocycles. The fourth-order valence-corrected chi connectivity index (χ4v) is 2.67. The molecule has 7 heteroatoms. The van der Waals surface area contributed by atoms with Gasteiger partial charge in [0.15, 0.2) is 5.76 Å². The molecule has 3 rings (SSSR count). The van der Waals surface area contributed by atoms with E-state index in [9.17, 15) is 9.59 Å². The maximum atomic E-state index is 12.2. The summed E-state index contributed by atoms with van der Waals surface area (Å²) in [4.78, 5) is 28.7. The summed E-state index contributed by atoms with van der Waals surface area (Å²) in [6.07, 6.45) is 1.44. The first-order chi connectivity index (χ1) is 12.1. The molecule has 0 unspecified atom stereocenters. The number of rotatable bonds is 6. The molecule has 7 nitrogen and oxygen atoms in total. The van der Waals surface area contributed by atoms with E-state index in [4.69, 9.17) is 9.15 Å². The Balaban J connectivity index is 1.91. The zero-order valence-corrected chi connectivity index (χ0v) is 14.1. The van der Waals surface area contributed by atoms with Gasteiger partial charge in [-0.15, -0.1) is 0 Å². The first kappa shape index (κ1) is 16.8. The Bertz CT molecular complexity index is 883. The summed E-state index contributed by atoms with van der Waals surface area (Å²) in [5, 5.41) is 2.84. The lowest BCUT2D eigenvalue weighted by Gasteiger charge is -2.15. The predicted octanol–water partition coefficient (Wildman–Crippen LogP) is 2.68. The van der Waals surface area contributed by atoms with Gasteiger partial charge in [0.1, 0.15) is 12.4 Å². The normalized spacial score (nSPS) is 12.1. The van der Waals surface area contributed by atoms with Crippen LogP contribution in [-0.4, -0.2) is 28.0 Å². The highest BCUT2D eigenvalue weighted by molar-refractivity contribution is 5.91. The van der Waals surface area contributed by atoms with Crippen LogP contribution in [0.3, 0.4) is 0 Å². The van der Waals surface area contributed by atoms with Crippen molar-refractivity contribution in [3.63, 3.8) is 0 Å². The second kappa shape index (κ2) is 7.21. The number of fused-ring (bicyclic) bond motifs is 1. The lowest BCUT2D eigenvalue weighted by molar-refractivity contribution is -0.143. The monoisotopic (exact) mass is 341 g/mol. The number of nitrogens with one attached hydrogen (secondary N) is 1. The molecule has 3 aromatic rings. The van der Waals surface area contributed by atoms with Gasteiger partial charge in [0.25, 0.3) is 5.91 Å². The summed E-state index contributed by atoms with van der Waals surface area (Å²) in [5.74, 6) is 0.109. The highest BCUT2D eigenvalue weighted by atomic mass is 16.5. The first-order valence-electron chi connectivity index (χ1n) is 8.05. The number of carbonyl (C=O) groups is 2. The zero-order chi connectivity index (χ0) is 17.8. The predicted molar refractivity (Wildman–Crippen MR) is 91.0 cm³/mol. The van der Waals surface area contributed by atoms with Gasteiger partial charge in [-0.05, 0) is 38.1 Å². The van der Waals surface area contributed by atoms with Crippen LogP contribution in [0.2, 0.25) is 0 Å². The Morgan fingerprint density at radius 1 is 1.28 bits per heavy atom. The van der Waals surface area contributed by atoms with E-state index in [-0.39, 0.29) is 24.2 Å². The molecule has 1 aromatic carbocycles. The van der Waals surface area contributed by atoms with Crippen LogP contribution in [0.4, 0.5) is 0 Å². The van der Waals surface area contributed by atoms with Crippen molar-refractivity contribution < 1.29 is 18.7 Å². The minimum Gasteiger partial charge on any atom is -0.465 e. The summed E-state index contributed by atoms with van der Waals surface area (Å²) in [6, 6.07) is 10.3. The third-order valence-corrected chi connectivity index (χ3v) is 3.76. The van der Waals surface area contributed by atoms with Crippen LogP contribution in [0.25, 0.3) is 11.0 Å². The van der Waals surface area contributed by atoms with Crippen LogP contribution in [0.5, 0.6) is 0 Å². The van der Waals surface area contributed by atoms with E-state index in [1.165, 1.54) is 6.26 Å². The highest BCUT2D eigenvalue weighted by Gasteiger charge is 2.21. The molecule has 1 N–H and O–H groups in total. The summed E-state index contributed by atoms with van der Waals surface area (Å²) >= 11 is 0. The number of esters is 1. The summed E-state index contributed by atoms with van der Waals surface area (Å²) in [6.45, 7) is 3.91. The Hall–Kier alpha value is -3.09. The van der Waals surface area contributed by atoms with Gasteiger partial charge >= 0.3 is 5.97 Å². The topological polar surface area (TPSA) is 86.4 Å². The van der Waals surface area contributed by atoms with Crippen molar-refractivity contribution in [2.45, 2.75) is 26.4 Å². The van der Waals surface area contributed by atoms with Gasteiger partial charge in [-0.25, -0.2) is 4.98 Å². The number of hydrogen-bond donors (Lipinski definition) is 1. The van der Waals surface area contributed by atoms with Crippen LogP contribution in [0.15, 0.2) is 47.1 Å². The molecule has 0 saturated heterocycles. The Morgan fingerprint density at radius 2 is 2.08 bits per heavy atom. The Morgan fingerprint density at radius 3 is 2.80 bits per heavy atom. The van der Waals surface area contributed by atoms with E-state index in [0.29, 0.717) is 12.4 Å². The Kier molecular flexibility index (Phi) is 4.83. The molecule has 0 radical (unpaired) electrons. The Labute approximate surface area is 144 Å². The molecule has 130 valence electrons. The summed E-state index contributed by atoms with van der Waals surface area (Å²) in [5.41, 5.74) is 1.56. The van der Waals surface area contributed by atoms with Crippen molar-refractivity contribution in [1.82, 2.24) is 14.9 Å². The number of furan rings is 1. The van der Waals surface area contributed by atoms with Crippen LogP contribution in [0, 0.1) is 0 Å². The molecular weight excluding hydrogens is 322 g/mol. The second-order valence-corrected chi connectivity index (χ2v) is 5.52. The molecule has 0 fully saturated rings. The molecule has 0 saturated carbocycles. The third-order valence-electron chi connectivity index (χ3n) is 3.76. The molecule has 0 aliphatic carbocycles. The van der Waals surface area contributed by atoms with E-state index in [1.54, 1.807) is 23.6 Å². The number of imidazole rings is 1. The van der Waals surface area contributed by atoms with E-state index in [1.807, 2.05) is 31.2 Å². The van der Waals surface area contributed by atoms with Crippen LogP contribution < -0.4 is 5.32 Å². The lowest BCUT2D eigenvalue weighted by Crippen LogP contribution is -2.29. The standard InChI is InChI=1S/C18H19N3O4/c1-3-24-16(22)11-21-14-8-5-4-7-13(14)20-17(21)12(2)19-18(23)15-9-6-10-25-15/h4-10,12H,3,11H2,1-2H3,(H,19,23)/t12-/m0/s1. The smallest absolute Gasteiger partial charge is 0.326 e. The SMILES string of the molecule is CCOC(=O)Cn1c([C@H](C)NC(=O)c2ccco2)nc2ccccc21. The number of para-hydroxylation sites is 2. The highest BCUT2D eigenvalue weighted by Crippen LogP contribution is 2.21. The summed E-state index contributed by atoms with van der Waals surface area (Å²) < 4.78 is 11.9. The molecule has 2 heterocycles. The van der Waals surface area contributed by atoms with Gasteiger partial charge in [-0.2, -0.15) is 0 Å².